The highest BCUT2D eigenvalue weighted by atomic mass is 32.1. The molecule has 0 fully saturated rings. The van der Waals surface area contributed by atoms with Crippen molar-refractivity contribution in [3.8, 4) is 11.5 Å². The molecule has 0 bridgehead atoms. The number of rotatable bonds is 6. The van der Waals surface area contributed by atoms with Crippen LogP contribution in [0.25, 0.3) is 0 Å². The van der Waals surface area contributed by atoms with E-state index in [4.69, 9.17) is 9.47 Å². The first-order valence-corrected chi connectivity index (χ1v) is 6.92. The zero-order valence-corrected chi connectivity index (χ0v) is 12.1. The maximum absolute atomic E-state index is 11.7. The summed E-state index contributed by atoms with van der Waals surface area (Å²) in [6, 6.07) is 7.02. The highest BCUT2D eigenvalue weighted by Gasteiger charge is 2.08. The second kappa shape index (κ2) is 6.85. The number of aryl methyl sites for hydroxylation is 1. The molecule has 0 saturated carbocycles. The summed E-state index contributed by atoms with van der Waals surface area (Å²) in [5.41, 5.74) is 0. The fourth-order valence-corrected chi connectivity index (χ4v) is 2.12. The van der Waals surface area contributed by atoms with Gasteiger partial charge >= 0.3 is 0 Å². The molecule has 1 aromatic carbocycles. The summed E-state index contributed by atoms with van der Waals surface area (Å²) in [7, 11) is 1.59. The molecular formula is C13H15N3O3S. The van der Waals surface area contributed by atoms with Gasteiger partial charge in [0.15, 0.2) is 6.61 Å². The number of benzene rings is 1. The van der Waals surface area contributed by atoms with Crippen molar-refractivity contribution in [1.82, 2.24) is 10.2 Å². The molecule has 0 saturated heterocycles. The number of hydrogen-bond donors (Lipinski definition) is 1. The molecule has 2 aromatic rings. The van der Waals surface area contributed by atoms with Crippen LogP contribution in [0.3, 0.4) is 0 Å². The molecule has 0 aliphatic carbocycles. The van der Waals surface area contributed by atoms with Gasteiger partial charge in [0, 0.05) is 0 Å². The molecule has 1 amide bonds. The van der Waals surface area contributed by atoms with Gasteiger partial charge in [-0.25, -0.2) is 0 Å². The van der Waals surface area contributed by atoms with E-state index in [2.05, 4.69) is 15.5 Å². The second-order valence-corrected chi connectivity index (χ2v) is 4.93. The molecule has 2 rings (SSSR count). The minimum Gasteiger partial charge on any atom is -0.497 e. The molecule has 1 N–H and O–H groups in total. The number of methoxy groups -OCH3 is 1. The normalized spacial score (nSPS) is 10.1. The van der Waals surface area contributed by atoms with Crippen molar-refractivity contribution in [2.24, 2.45) is 0 Å². The van der Waals surface area contributed by atoms with Gasteiger partial charge in [0.25, 0.3) is 5.91 Å². The average molecular weight is 293 g/mol. The van der Waals surface area contributed by atoms with Crippen LogP contribution in [0.5, 0.6) is 11.5 Å². The summed E-state index contributed by atoms with van der Waals surface area (Å²) in [6.45, 7) is 1.91. The van der Waals surface area contributed by atoms with Crippen molar-refractivity contribution in [2.75, 3.05) is 19.0 Å². The minimum atomic E-state index is -0.264. The molecule has 6 nitrogen and oxygen atoms in total. The first-order chi connectivity index (χ1) is 9.71. The molecule has 0 unspecified atom stereocenters. The average Bonchev–Trinajstić information content (AvgIpc) is 2.93. The van der Waals surface area contributed by atoms with Gasteiger partial charge in [-0.1, -0.05) is 18.3 Å². The molecule has 0 aliphatic heterocycles. The van der Waals surface area contributed by atoms with E-state index in [1.807, 2.05) is 6.92 Å². The standard InChI is InChI=1S/C13H15N3O3S/c1-3-12-15-16-13(20-12)14-11(17)8-19-10-6-4-9(18-2)5-7-10/h4-7H,3,8H2,1-2H3,(H,14,16,17). The maximum atomic E-state index is 11.7. The van der Waals surface area contributed by atoms with Gasteiger partial charge in [-0.2, -0.15) is 0 Å². The summed E-state index contributed by atoms with van der Waals surface area (Å²) in [4.78, 5) is 11.7. The van der Waals surface area contributed by atoms with E-state index in [9.17, 15) is 4.79 Å². The van der Waals surface area contributed by atoms with Crippen molar-refractivity contribution in [3.63, 3.8) is 0 Å². The lowest BCUT2D eigenvalue weighted by molar-refractivity contribution is -0.118. The number of nitrogens with one attached hydrogen (secondary N) is 1. The summed E-state index contributed by atoms with van der Waals surface area (Å²) < 4.78 is 10.4. The van der Waals surface area contributed by atoms with Crippen molar-refractivity contribution in [1.29, 1.82) is 0 Å². The molecule has 0 spiro atoms. The molecule has 1 aromatic heterocycles. The Labute approximate surface area is 120 Å². The lowest BCUT2D eigenvalue weighted by atomic mass is 10.3. The number of carbonyl (C=O) groups is 1. The van der Waals surface area contributed by atoms with Gasteiger partial charge < -0.3 is 9.47 Å². The summed E-state index contributed by atoms with van der Waals surface area (Å²) in [5.74, 6) is 1.08. The van der Waals surface area contributed by atoms with Crippen LogP contribution in [0.1, 0.15) is 11.9 Å². The molecule has 20 heavy (non-hydrogen) atoms. The number of ether oxygens (including phenoxy) is 2. The Balaban J connectivity index is 1.82. The van der Waals surface area contributed by atoms with E-state index in [0.29, 0.717) is 10.9 Å². The van der Waals surface area contributed by atoms with Gasteiger partial charge in [0.2, 0.25) is 5.13 Å². The van der Waals surface area contributed by atoms with Gasteiger partial charge in [-0.15, -0.1) is 10.2 Å². The predicted molar refractivity (Wildman–Crippen MR) is 76.4 cm³/mol. The van der Waals surface area contributed by atoms with Crippen LogP contribution < -0.4 is 14.8 Å². The molecule has 106 valence electrons. The fourth-order valence-electron chi connectivity index (χ4n) is 1.42. The third-order valence-electron chi connectivity index (χ3n) is 2.45. The predicted octanol–water partition coefficient (Wildman–Crippen LogP) is 2.13. The van der Waals surface area contributed by atoms with Crippen LogP contribution in [0.15, 0.2) is 24.3 Å². The van der Waals surface area contributed by atoms with E-state index in [-0.39, 0.29) is 12.5 Å². The van der Waals surface area contributed by atoms with Crippen LogP contribution in [-0.4, -0.2) is 29.8 Å². The van der Waals surface area contributed by atoms with Crippen LogP contribution in [0, 0.1) is 0 Å². The quantitative estimate of drug-likeness (QED) is 0.883. The number of aromatic nitrogens is 2. The minimum absolute atomic E-state index is 0.0760. The molecule has 0 atom stereocenters. The number of anilines is 1. The van der Waals surface area contributed by atoms with Crippen LogP contribution >= 0.6 is 11.3 Å². The van der Waals surface area contributed by atoms with Crippen molar-refractivity contribution < 1.29 is 14.3 Å². The number of nitrogens with zero attached hydrogens (tertiary/aromatic N) is 2. The summed E-state index contributed by atoms with van der Waals surface area (Å²) in [5, 5.41) is 11.8. The van der Waals surface area contributed by atoms with E-state index in [1.54, 1.807) is 31.4 Å². The SMILES string of the molecule is CCc1nnc(NC(=O)COc2ccc(OC)cc2)s1. The monoisotopic (exact) mass is 293 g/mol. The van der Waals surface area contributed by atoms with Crippen molar-refractivity contribution >= 4 is 22.4 Å². The topological polar surface area (TPSA) is 73.3 Å². The zero-order valence-electron chi connectivity index (χ0n) is 11.3. The second-order valence-electron chi connectivity index (χ2n) is 3.87. The lowest BCUT2D eigenvalue weighted by Crippen LogP contribution is -2.20. The van der Waals surface area contributed by atoms with E-state index >= 15 is 0 Å². The Bertz CT molecular complexity index is 568. The van der Waals surface area contributed by atoms with Gasteiger partial charge in [0.1, 0.15) is 16.5 Å². The first kappa shape index (κ1) is 14.3. The highest BCUT2D eigenvalue weighted by molar-refractivity contribution is 7.15. The Kier molecular flexibility index (Phi) is 4.89. The third kappa shape index (κ3) is 3.92. The molecule has 1 heterocycles. The van der Waals surface area contributed by atoms with Crippen LogP contribution in [0.2, 0.25) is 0 Å². The number of carbonyl (C=O) groups excluding carboxylic acids is 1. The largest absolute Gasteiger partial charge is 0.497 e. The summed E-state index contributed by atoms with van der Waals surface area (Å²) >= 11 is 1.36. The zero-order chi connectivity index (χ0) is 14.4. The first-order valence-electron chi connectivity index (χ1n) is 6.10. The highest BCUT2D eigenvalue weighted by Crippen LogP contribution is 2.17. The fraction of sp³-hybridized carbons (Fsp3) is 0.308. The Morgan fingerprint density at radius 2 is 1.95 bits per heavy atom. The van der Waals surface area contributed by atoms with E-state index < -0.39 is 0 Å². The number of hydrogen-bond acceptors (Lipinski definition) is 6. The van der Waals surface area contributed by atoms with Crippen LogP contribution in [-0.2, 0) is 11.2 Å². The smallest absolute Gasteiger partial charge is 0.264 e. The number of amides is 1. The van der Waals surface area contributed by atoms with E-state index in [1.165, 1.54) is 11.3 Å². The molecular weight excluding hydrogens is 278 g/mol. The van der Waals surface area contributed by atoms with Gasteiger partial charge in [-0.3, -0.25) is 10.1 Å². The summed E-state index contributed by atoms with van der Waals surface area (Å²) in [6.07, 6.45) is 0.801. The van der Waals surface area contributed by atoms with E-state index in [0.717, 1.165) is 17.2 Å². The Hall–Kier alpha value is -2.15. The lowest BCUT2D eigenvalue weighted by Gasteiger charge is -2.06. The Morgan fingerprint density at radius 1 is 1.25 bits per heavy atom. The third-order valence-corrected chi connectivity index (χ3v) is 3.43. The Morgan fingerprint density at radius 3 is 2.55 bits per heavy atom. The molecule has 7 heteroatoms. The maximum Gasteiger partial charge on any atom is 0.264 e. The van der Waals surface area contributed by atoms with Crippen LogP contribution in [0.4, 0.5) is 5.13 Å². The molecule has 0 radical (unpaired) electrons. The van der Waals surface area contributed by atoms with Crippen molar-refractivity contribution in [3.05, 3.63) is 29.3 Å². The van der Waals surface area contributed by atoms with Gasteiger partial charge in [-0.05, 0) is 30.7 Å². The van der Waals surface area contributed by atoms with Gasteiger partial charge in [0.05, 0.1) is 7.11 Å². The van der Waals surface area contributed by atoms with Crippen molar-refractivity contribution in [2.45, 2.75) is 13.3 Å². The molecule has 0 aliphatic rings.